The van der Waals surface area contributed by atoms with Gasteiger partial charge in [-0.3, -0.25) is 4.79 Å². The van der Waals surface area contributed by atoms with Crippen molar-refractivity contribution in [3.8, 4) is 5.75 Å². The van der Waals surface area contributed by atoms with Crippen molar-refractivity contribution in [2.24, 2.45) is 0 Å². The van der Waals surface area contributed by atoms with Crippen molar-refractivity contribution < 1.29 is 9.53 Å². The monoisotopic (exact) mass is 308 g/mol. The van der Waals surface area contributed by atoms with Gasteiger partial charge in [-0.2, -0.15) is 0 Å². The van der Waals surface area contributed by atoms with E-state index in [1.165, 1.54) is 10.1 Å². The zero-order valence-corrected chi connectivity index (χ0v) is 13.1. The summed E-state index contributed by atoms with van der Waals surface area (Å²) in [5.41, 5.74) is 0.667. The zero-order valence-electron chi connectivity index (χ0n) is 12.3. The Morgan fingerprint density at radius 1 is 1.14 bits per heavy atom. The highest BCUT2D eigenvalue weighted by molar-refractivity contribution is 7.19. The van der Waals surface area contributed by atoms with Gasteiger partial charge in [0.05, 0.1) is 6.61 Å². The molecule has 3 heteroatoms. The fourth-order valence-corrected chi connectivity index (χ4v) is 3.19. The molecule has 0 saturated heterocycles. The first-order valence-electron chi connectivity index (χ1n) is 7.20. The quantitative estimate of drug-likeness (QED) is 0.478. The Labute approximate surface area is 133 Å². The zero-order chi connectivity index (χ0) is 15.4. The average Bonchev–Trinajstić information content (AvgIpc) is 2.96. The lowest BCUT2D eigenvalue weighted by Gasteiger charge is -2.02. The van der Waals surface area contributed by atoms with Crippen LogP contribution < -0.4 is 4.74 Å². The highest BCUT2D eigenvalue weighted by Crippen LogP contribution is 2.26. The number of rotatable bonds is 5. The van der Waals surface area contributed by atoms with Gasteiger partial charge in [-0.15, -0.1) is 11.3 Å². The van der Waals surface area contributed by atoms with Crippen LogP contribution in [0.3, 0.4) is 0 Å². The van der Waals surface area contributed by atoms with E-state index in [-0.39, 0.29) is 5.78 Å². The molecule has 0 unspecified atom stereocenters. The van der Waals surface area contributed by atoms with Gasteiger partial charge in [-0.1, -0.05) is 18.2 Å². The molecule has 2 aromatic carbocycles. The third-order valence-corrected chi connectivity index (χ3v) is 4.37. The molecule has 1 aromatic heterocycles. The number of ether oxygens (including phenoxy) is 1. The van der Waals surface area contributed by atoms with E-state index in [1.807, 2.05) is 37.3 Å². The van der Waals surface area contributed by atoms with Crippen molar-refractivity contribution in [1.29, 1.82) is 0 Å². The van der Waals surface area contributed by atoms with Gasteiger partial charge in [-0.05, 0) is 60.9 Å². The van der Waals surface area contributed by atoms with Crippen molar-refractivity contribution in [3.63, 3.8) is 0 Å². The predicted molar refractivity (Wildman–Crippen MR) is 92.8 cm³/mol. The minimum atomic E-state index is 0.000467. The second kappa shape index (κ2) is 6.58. The maximum atomic E-state index is 12.2. The second-order valence-electron chi connectivity index (χ2n) is 4.84. The molecule has 0 saturated carbocycles. The number of benzene rings is 2. The SMILES string of the molecule is CCOc1ccc(C(=O)/C=C/c2cc3ccccc3s2)cc1. The molecule has 22 heavy (non-hydrogen) atoms. The molecule has 3 rings (SSSR count). The third kappa shape index (κ3) is 3.26. The van der Waals surface area contributed by atoms with Gasteiger partial charge in [0.1, 0.15) is 5.75 Å². The molecule has 0 aliphatic rings. The van der Waals surface area contributed by atoms with Crippen molar-refractivity contribution in [1.82, 2.24) is 0 Å². The molecule has 110 valence electrons. The number of allylic oxidation sites excluding steroid dienone is 1. The molecule has 0 fully saturated rings. The van der Waals surface area contributed by atoms with Gasteiger partial charge in [0.25, 0.3) is 0 Å². The number of carbonyl (C=O) groups is 1. The van der Waals surface area contributed by atoms with Crippen molar-refractivity contribution in [2.45, 2.75) is 6.92 Å². The molecule has 2 nitrogen and oxygen atoms in total. The van der Waals surface area contributed by atoms with E-state index < -0.39 is 0 Å². The molecule has 0 spiro atoms. The lowest BCUT2D eigenvalue weighted by molar-refractivity contribution is 0.104. The molecule has 3 aromatic rings. The highest BCUT2D eigenvalue weighted by atomic mass is 32.1. The lowest BCUT2D eigenvalue weighted by atomic mass is 10.1. The number of carbonyl (C=O) groups excluding carboxylic acids is 1. The molecule has 0 bridgehead atoms. The summed E-state index contributed by atoms with van der Waals surface area (Å²) < 4.78 is 6.61. The second-order valence-corrected chi connectivity index (χ2v) is 5.96. The van der Waals surface area contributed by atoms with Crippen LogP contribution in [0.15, 0.2) is 60.7 Å². The summed E-state index contributed by atoms with van der Waals surface area (Å²) in [6.45, 7) is 2.56. The van der Waals surface area contributed by atoms with Crippen LogP contribution in [0.25, 0.3) is 16.2 Å². The van der Waals surface area contributed by atoms with Gasteiger partial charge in [0.15, 0.2) is 5.78 Å². The molecule has 0 atom stereocenters. The number of fused-ring (bicyclic) bond motifs is 1. The minimum absolute atomic E-state index is 0.000467. The van der Waals surface area contributed by atoms with Crippen LogP contribution in [0.5, 0.6) is 5.75 Å². The van der Waals surface area contributed by atoms with Gasteiger partial charge < -0.3 is 4.74 Å². The lowest BCUT2D eigenvalue weighted by Crippen LogP contribution is -1.95. The van der Waals surface area contributed by atoms with E-state index in [0.29, 0.717) is 12.2 Å². The van der Waals surface area contributed by atoms with Crippen LogP contribution in [0, 0.1) is 0 Å². The molecule has 1 heterocycles. The summed E-state index contributed by atoms with van der Waals surface area (Å²) in [5, 5.41) is 1.21. The molecule has 0 aliphatic heterocycles. The Bertz CT molecular complexity index is 780. The molecule has 0 radical (unpaired) electrons. The Kier molecular flexibility index (Phi) is 4.35. The first-order chi connectivity index (χ1) is 10.8. The number of hydrogen-bond acceptors (Lipinski definition) is 3. The average molecular weight is 308 g/mol. The number of hydrogen-bond donors (Lipinski definition) is 0. The van der Waals surface area contributed by atoms with Gasteiger partial charge >= 0.3 is 0 Å². The number of thiophene rings is 1. The fraction of sp³-hybridized carbons (Fsp3) is 0.105. The van der Waals surface area contributed by atoms with Crippen LogP contribution in [-0.4, -0.2) is 12.4 Å². The largest absolute Gasteiger partial charge is 0.494 e. The Balaban J connectivity index is 1.75. The van der Waals surface area contributed by atoms with E-state index in [0.717, 1.165) is 10.6 Å². The smallest absolute Gasteiger partial charge is 0.185 e. The van der Waals surface area contributed by atoms with E-state index in [4.69, 9.17) is 4.74 Å². The fourth-order valence-electron chi connectivity index (χ4n) is 2.22. The molecular weight excluding hydrogens is 292 g/mol. The minimum Gasteiger partial charge on any atom is -0.494 e. The van der Waals surface area contributed by atoms with Crippen LogP contribution >= 0.6 is 11.3 Å². The Hall–Kier alpha value is -2.39. The first kappa shape index (κ1) is 14.5. The standard InChI is InChI=1S/C19H16O2S/c1-2-21-16-9-7-14(8-10-16)18(20)12-11-17-13-15-5-3-4-6-19(15)22-17/h3-13H,2H2,1H3/b12-11+. The molecule has 0 N–H and O–H groups in total. The third-order valence-electron chi connectivity index (χ3n) is 3.29. The normalized spacial score (nSPS) is 11.1. The van der Waals surface area contributed by atoms with Gasteiger partial charge in [-0.25, -0.2) is 0 Å². The summed E-state index contributed by atoms with van der Waals surface area (Å²) in [6, 6.07) is 17.6. The van der Waals surface area contributed by atoms with Crippen LogP contribution in [0.1, 0.15) is 22.2 Å². The van der Waals surface area contributed by atoms with Crippen molar-refractivity contribution in [2.75, 3.05) is 6.61 Å². The van der Waals surface area contributed by atoms with Crippen LogP contribution in [0.2, 0.25) is 0 Å². The first-order valence-corrected chi connectivity index (χ1v) is 8.02. The van der Waals surface area contributed by atoms with Gasteiger partial charge in [0.2, 0.25) is 0 Å². The molecule has 0 aliphatic carbocycles. The number of ketones is 1. The van der Waals surface area contributed by atoms with Gasteiger partial charge in [0, 0.05) is 15.1 Å². The molecular formula is C19H16O2S. The summed E-state index contributed by atoms with van der Waals surface area (Å²) >= 11 is 1.68. The maximum absolute atomic E-state index is 12.2. The summed E-state index contributed by atoms with van der Waals surface area (Å²) in [5.74, 6) is 0.785. The van der Waals surface area contributed by atoms with Crippen molar-refractivity contribution >= 4 is 33.3 Å². The highest BCUT2D eigenvalue weighted by Gasteiger charge is 2.03. The summed E-state index contributed by atoms with van der Waals surface area (Å²) in [4.78, 5) is 13.3. The predicted octanol–water partition coefficient (Wildman–Crippen LogP) is 5.20. The van der Waals surface area contributed by atoms with E-state index >= 15 is 0 Å². The summed E-state index contributed by atoms with van der Waals surface area (Å²) in [6.07, 6.45) is 3.50. The van der Waals surface area contributed by atoms with E-state index in [1.54, 1.807) is 29.5 Å². The Morgan fingerprint density at radius 2 is 1.91 bits per heavy atom. The van der Waals surface area contributed by atoms with E-state index in [9.17, 15) is 4.79 Å². The Morgan fingerprint density at radius 3 is 2.64 bits per heavy atom. The van der Waals surface area contributed by atoms with Crippen LogP contribution in [0.4, 0.5) is 0 Å². The van der Waals surface area contributed by atoms with Crippen LogP contribution in [-0.2, 0) is 0 Å². The maximum Gasteiger partial charge on any atom is 0.185 e. The molecule has 0 amide bonds. The van der Waals surface area contributed by atoms with Crippen molar-refractivity contribution in [3.05, 3.63) is 71.1 Å². The van der Waals surface area contributed by atoms with E-state index in [2.05, 4.69) is 18.2 Å². The topological polar surface area (TPSA) is 26.3 Å². The summed E-state index contributed by atoms with van der Waals surface area (Å²) in [7, 11) is 0.